The second kappa shape index (κ2) is 5.02. The van der Waals surface area contributed by atoms with Crippen molar-refractivity contribution in [2.75, 3.05) is 13.1 Å². The van der Waals surface area contributed by atoms with E-state index in [0.717, 1.165) is 24.8 Å². The topological polar surface area (TPSA) is 23.5 Å². The maximum absolute atomic E-state index is 11.2. The second-order valence-corrected chi connectivity index (χ2v) is 5.79. The van der Waals surface area contributed by atoms with Crippen LogP contribution in [0.15, 0.2) is 30.3 Å². The summed E-state index contributed by atoms with van der Waals surface area (Å²) in [5.74, 6) is 0. The summed E-state index contributed by atoms with van der Waals surface area (Å²) in [5.41, 5.74) is 0.491. The van der Waals surface area contributed by atoms with Crippen LogP contribution in [0, 0.1) is 0 Å². The monoisotopic (exact) mass is 245 g/mol. The summed E-state index contributed by atoms with van der Waals surface area (Å²) in [6, 6.07) is 10.6. The van der Waals surface area contributed by atoms with Crippen molar-refractivity contribution in [3.05, 3.63) is 35.9 Å². The molecule has 2 aliphatic rings. The number of nitrogens with zero attached hydrogens (tertiary/aromatic N) is 1. The van der Waals surface area contributed by atoms with Gasteiger partial charge in [0.05, 0.1) is 0 Å². The number of rotatable bonds is 2. The van der Waals surface area contributed by atoms with Crippen LogP contribution in [0.25, 0.3) is 0 Å². The Labute approximate surface area is 110 Å². The van der Waals surface area contributed by atoms with Gasteiger partial charge in [-0.15, -0.1) is 0 Å². The highest BCUT2D eigenvalue weighted by Crippen LogP contribution is 2.40. The van der Waals surface area contributed by atoms with Crippen LogP contribution in [-0.4, -0.2) is 29.1 Å². The smallest absolute Gasteiger partial charge is 0.105 e. The van der Waals surface area contributed by atoms with Gasteiger partial charge < -0.3 is 5.11 Å². The number of hydrogen-bond donors (Lipinski definition) is 1. The van der Waals surface area contributed by atoms with Crippen LogP contribution in [0.2, 0.25) is 0 Å². The van der Waals surface area contributed by atoms with Gasteiger partial charge in [0, 0.05) is 6.04 Å². The molecule has 2 atom stereocenters. The third kappa shape index (κ3) is 2.08. The zero-order chi connectivity index (χ0) is 12.4. The predicted octanol–water partition coefficient (Wildman–Crippen LogP) is 2.91. The number of aliphatic hydroxyl groups is 1. The Morgan fingerprint density at radius 1 is 1.00 bits per heavy atom. The van der Waals surface area contributed by atoms with Crippen molar-refractivity contribution < 1.29 is 5.11 Å². The second-order valence-electron chi connectivity index (χ2n) is 5.79. The largest absolute Gasteiger partial charge is 0.384 e. The van der Waals surface area contributed by atoms with Gasteiger partial charge in [-0.2, -0.15) is 0 Å². The van der Waals surface area contributed by atoms with Gasteiger partial charge in [-0.05, 0) is 44.3 Å². The van der Waals surface area contributed by atoms with Crippen LogP contribution in [0.3, 0.4) is 0 Å². The van der Waals surface area contributed by atoms with E-state index in [1.165, 1.54) is 32.4 Å². The van der Waals surface area contributed by atoms with Crippen LogP contribution in [-0.2, 0) is 5.60 Å². The molecule has 1 aromatic rings. The van der Waals surface area contributed by atoms with Gasteiger partial charge in [0.2, 0.25) is 0 Å². The minimum atomic E-state index is -0.621. The SMILES string of the molecule is O[C@]1(c2ccccc2)CCCC[C@H]1N1CCCC1. The summed E-state index contributed by atoms with van der Waals surface area (Å²) in [6.07, 6.45) is 7.05. The molecule has 1 heterocycles. The fourth-order valence-corrected chi connectivity index (χ4v) is 3.74. The molecule has 2 heteroatoms. The lowest BCUT2D eigenvalue weighted by atomic mass is 9.75. The average molecular weight is 245 g/mol. The summed E-state index contributed by atoms with van der Waals surface area (Å²) in [5, 5.41) is 11.2. The highest BCUT2D eigenvalue weighted by atomic mass is 16.3. The summed E-state index contributed by atoms with van der Waals surface area (Å²) in [6.45, 7) is 2.33. The quantitative estimate of drug-likeness (QED) is 0.866. The van der Waals surface area contributed by atoms with Gasteiger partial charge >= 0.3 is 0 Å². The van der Waals surface area contributed by atoms with Gasteiger partial charge in [0.1, 0.15) is 5.60 Å². The molecule has 1 aliphatic heterocycles. The Balaban J connectivity index is 1.90. The fourth-order valence-electron chi connectivity index (χ4n) is 3.74. The molecule has 18 heavy (non-hydrogen) atoms. The van der Waals surface area contributed by atoms with Gasteiger partial charge in [-0.25, -0.2) is 0 Å². The van der Waals surface area contributed by atoms with E-state index in [2.05, 4.69) is 17.0 Å². The molecule has 1 aromatic carbocycles. The molecule has 3 rings (SSSR count). The molecule has 0 spiro atoms. The lowest BCUT2D eigenvalue weighted by molar-refractivity contribution is -0.0736. The van der Waals surface area contributed by atoms with E-state index in [4.69, 9.17) is 0 Å². The molecule has 2 fully saturated rings. The van der Waals surface area contributed by atoms with Gasteiger partial charge in [0.25, 0.3) is 0 Å². The first-order valence-electron chi connectivity index (χ1n) is 7.33. The van der Waals surface area contributed by atoms with Gasteiger partial charge in [-0.3, -0.25) is 4.90 Å². The summed E-state index contributed by atoms with van der Waals surface area (Å²) in [4.78, 5) is 2.52. The lowest BCUT2D eigenvalue weighted by Gasteiger charge is -2.45. The van der Waals surface area contributed by atoms with Crippen LogP contribution in [0.1, 0.15) is 44.1 Å². The van der Waals surface area contributed by atoms with E-state index in [9.17, 15) is 5.11 Å². The third-order valence-corrected chi connectivity index (χ3v) is 4.69. The molecule has 0 bridgehead atoms. The predicted molar refractivity (Wildman–Crippen MR) is 73.4 cm³/mol. The normalized spacial score (nSPS) is 33.7. The number of hydrogen-bond acceptors (Lipinski definition) is 2. The molecule has 2 nitrogen and oxygen atoms in total. The molecule has 0 amide bonds. The van der Waals surface area contributed by atoms with Crippen molar-refractivity contribution in [1.82, 2.24) is 4.90 Å². The maximum atomic E-state index is 11.2. The van der Waals surface area contributed by atoms with E-state index < -0.39 is 5.60 Å². The zero-order valence-electron chi connectivity index (χ0n) is 11.0. The summed E-state index contributed by atoms with van der Waals surface area (Å²) >= 11 is 0. The Bertz CT molecular complexity index is 385. The standard InChI is InChI=1S/C16H23NO/c18-16(14-8-2-1-3-9-14)11-5-4-10-15(16)17-12-6-7-13-17/h1-3,8-9,15,18H,4-7,10-13H2/t15-,16+/m1/s1. The maximum Gasteiger partial charge on any atom is 0.105 e. The summed E-state index contributed by atoms with van der Waals surface area (Å²) < 4.78 is 0. The van der Waals surface area contributed by atoms with Crippen molar-refractivity contribution >= 4 is 0 Å². The summed E-state index contributed by atoms with van der Waals surface area (Å²) in [7, 11) is 0. The van der Waals surface area contributed by atoms with Crippen molar-refractivity contribution in [3.8, 4) is 0 Å². The number of likely N-dealkylation sites (tertiary alicyclic amines) is 1. The van der Waals surface area contributed by atoms with E-state index in [1.807, 2.05) is 18.2 Å². The zero-order valence-corrected chi connectivity index (χ0v) is 11.0. The van der Waals surface area contributed by atoms with Crippen LogP contribution in [0.5, 0.6) is 0 Å². The molecule has 98 valence electrons. The Hall–Kier alpha value is -0.860. The van der Waals surface area contributed by atoms with Crippen molar-refractivity contribution in [2.24, 2.45) is 0 Å². The van der Waals surface area contributed by atoms with Gasteiger partial charge in [0.15, 0.2) is 0 Å². The molecule has 0 radical (unpaired) electrons. The van der Waals surface area contributed by atoms with E-state index >= 15 is 0 Å². The first kappa shape index (κ1) is 12.2. The third-order valence-electron chi connectivity index (χ3n) is 4.69. The molecule has 1 aliphatic carbocycles. The Morgan fingerprint density at radius 2 is 1.72 bits per heavy atom. The molecule has 1 saturated heterocycles. The highest BCUT2D eigenvalue weighted by molar-refractivity contribution is 5.25. The molecular formula is C16H23NO. The lowest BCUT2D eigenvalue weighted by Crippen LogP contribution is -2.51. The average Bonchev–Trinajstić information content (AvgIpc) is 2.94. The van der Waals surface area contributed by atoms with Crippen LogP contribution in [0.4, 0.5) is 0 Å². The van der Waals surface area contributed by atoms with Crippen molar-refractivity contribution in [3.63, 3.8) is 0 Å². The van der Waals surface area contributed by atoms with Crippen molar-refractivity contribution in [2.45, 2.75) is 50.2 Å². The van der Waals surface area contributed by atoms with Crippen LogP contribution < -0.4 is 0 Å². The van der Waals surface area contributed by atoms with Crippen LogP contribution >= 0.6 is 0 Å². The minimum Gasteiger partial charge on any atom is -0.384 e. The van der Waals surface area contributed by atoms with E-state index in [0.29, 0.717) is 6.04 Å². The molecule has 0 aromatic heterocycles. The minimum absolute atomic E-state index is 0.330. The molecule has 1 N–H and O–H groups in total. The Morgan fingerprint density at radius 3 is 2.44 bits per heavy atom. The van der Waals surface area contributed by atoms with Crippen molar-refractivity contribution in [1.29, 1.82) is 0 Å². The molecule has 0 unspecified atom stereocenters. The Kier molecular flexibility index (Phi) is 3.40. The number of benzene rings is 1. The highest BCUT2D eigenvalue weighted by Gasteiger charge is 2.43. The van der Waals surface area contributed by atoms with Gasteiger partial charge in [-0.1, -0.05) is 43.2 Å². The first-order valence-corrected chi connectivity index (χ1v) is 7.33. The van der Waals surface area contributed by atoms with E-state index in [-0.39, 0.29) is 0 Å². The van der Waals surface area contributed by atoms with E-state index in [1.54, 1.807) is 0 Å². The molecule has 1 saturated carbocycles. The molecular weight excluding hydrogens is 222 g/mol. The first-order chi connectivity index (χ1) is 8.81. The fraction of sp³-hybridized carbons (Fsp3) is 0.625.